The second kappa shape index (κ2) is 7.22. The number of hydrogen-bond acceptors (Lipinski definition) is 2. The molecule has 0 spiro atoms. The van der Waals surface area contributed by atoms with E-state index in [1.807, 2.05) is 35.2 Å². The standard InChI is InChI=1S/C16H15BrFNO2/c17-13-6-7-15(18)12(10-13)11-19(9-8-16(20)21)14-4-2-1-3-5-14/h1-7,10H,8-9,11H2,(H,20,21). The molecule has 0 unspecified atom stereocenters. The fourth-order valence-electron chi connectivity index (χ4n) is 2.04. The first-order valence-corrected chi connectivity index (χ1v) is 7.31. The largest absolute Gasteiger partial charge is 0.481 e. The van der Waals surface area contributed by atoms with E-state index in [-0.39, 0.29) is 12.2 Å². The van der Waals surface area contributed by atoms with Crippen molar-refractivity contribution < 1.29 is 14.3 Å². The molecule has 0 aliphatic carbocycles. The molecule has 2 aromatic carbocycles. The first-order valence-electron chi connectivity index (χ1n) is 6.52. The van der Waals surface area contributed by atoms with Crippen molar-refractivity contribution in [2.45, 2.75) is 13.0 Å². The van der Waals surface area contributed by atoms with Gasteiger partial charge in [0.05, 0.1) is 6.42 Å². The molecule has 110 valence electrons. The molecule has 21 heavy (non-hydrogen) atoms. The average Bonchev–Trinajstić information content (AvgIpc) is 2.47. The van der Waals surface area contributed by atoms with Gasteiger partial charge in [-0.1, -0.05) is 34.1 Å². The lowest BCUT2D eigenvalue weighted by Crippen LogP contribution is -2.26. The van der Waals surface area contributed by atoms with E-state index in [2.05, 4.69) is 15.9 Å². The van der Waals surface area contributed by atoms with Crippen LogP contribution in [0.1, 0.15) is 12.0 Å². The molecule has 3 nitrogen and oxygen atoms in total. The van der Waals surface area contributed by atoms with E-state index in [0.717, 1.165) is 10.2 Å². The van der Waals surface area contributed by atoms with Gasteiger partial charge < -0.3 is 10.0 Å². The summed E-state index contributed by atoms with van der Waals surface area (Å²) in [5.74, 6) is -1.17. The molecule has 2 rings (SSSR count). The highest BCUT2D eigenvalue weighted by Crippen LogP contribution is 2.21. The quantitative estimate of drug-likeness (QED) is 0.852. The molecule has 0 saturated heterocycles. The molecule has 0 aliphatic heterocycles. The van der Waals surface area contributed by atoms with Crippen molar-refractivity contribution in [3.8, 4) is 0 Å². The van der Waals surface area contributed by atoms with Crippen LogP contribution in [0.2, 0.25) is 0 Å². The Labute approximate surface area is 131 Å². The Hall–Kier alpha value is -1.88. The number of halogens is 2. The highest BCUT2D eigenvalue weighted by atomic mass is 79.9. The van der Waals surface area contributed by atoms with E-state index < -0.39 is 5.97 Å². The highest BCUT2D eigenvalue weighted by Gasteiger charge is 2.12. The second-order valence-corrected chi connectivity index (χ2v) is 5.55. The normalized spacial score (nSPS) is 10.4. The van der Waals surface area contributed by atoms with Crippen LogP contribution in [-0.2, 0) is 11.3 Å². The summed E-state index contributed by atoms with van der Waals surface area (Å²) < 4.78 is 14.7. The summed E-state index contributed by atoms with van der Waals surface area (Å²) in [6, 6.07) is 14.2. The van der Waals surface area contributed by atoms with Crippen LogP contribution in [0.3, 0.4) is 0 Å². The summed E-state index contributed by atoms with van der Waals surface area (Å²) in [5.41, 5.74) is 1.40. The van der Waals surface area contributed by atoms with Crippen molar-refractivity contribution in [3.05, 3.63) is 64.4 Å². The Kier molecular flexibility index (Phi) is 5.33. The number of carboxylic acid groups (broad SMARTS) is 1. The fraction of sp³-hybridized carbons (Fsp3) is 0.188. The van der Waals surface area contributed by atoms with Crippen LogP contribution in [0.5, 0.6) is 0 Å². The number of rotatable bonds is 6. The smallest absolute Gasteiger partial charge is 0.305 e. The van der Waals surface area contributed by atoms with E-state index in [1.54, 1.807) is 12.1 Å². The zero-order chi connectivity index (χ0) is 15.2. The van der Waals surface area contributed by atoms with E-state index >= 15 is 0 Å². The Morgan fingerprint density at radius 2 is 1.90 bits per heavy atom. The maximum atomic E-state index is 13.9. The Balaban J connectivity index is 2.23. The zero-order valence-electron chi connectivity index (χ0n) is 11.3. The second-order valence-electron chi connectivity index (χ2n) is 4.64. The summed E-state index contributed by atoms with van der Waals surface area (Å²) in [4.78, 5) is 12.7. The summed E-state index contributed by atoms with van der Waals surface area (Å²) in [6.07, 6.45) is 0.00448. The van der Waals surface area contributed by atoms with Crippen LogP contribution in [0.15, 0.2) is 53.0 Å². The number of hydrogen-bond donors (Lipinski definition) is 1. The molecular formula is C16H15BrFNO2. The number of carboxylic acids is 1. The van der Waals surface area contributed by atoms with Crippen molar-refractivity contribution >= 4 is 27.6 Å². The third kappa shape index (κ3) is 4.56. The van der Waals surface area contributed by atoms with Crippen molar-refractivity contribution in [2.24, 2.45) is 0 Å². The first-order chi connectivity index (χ1) is 10.1. The lowest BCUT2D eigenvalue weighted by atomic mass is 10.1. The SMILES string of the molecule is O=C(O)CCN(Cc1cc(Br)ccc1F)c1ccccc1. The monoisotopic (exact) mass is 351 g/mol. The molecule has 0 heterocycles. The van der Waals surface area contributed by atoms with Crippen LogP contribution < -0.4 is 4.90 Å². The van der Waals surface area contributed by atoms with Crippen molar-refractivity contribution in [2.75, 3.05) is 11.4 Å². The molecule has 0 amide bonds. The Morgan fingerprint density at radius 1 is 1.19 bits per heavy atom. The van der Waals surface area contributed by atoms with Gasteiger partial charge in [0.1, 0.15) is 5.82 Å². The van der Waals surface area contributed by atoms with Crippen molar-refractivity contribution in [3.63, 3.8) is 0 Å². The van der Waals surface area contributed by atoms with Gasteiger partial charge in [0.15, 0.2) is 0 Å². The van der Waals surface area contributed by atoms with Gasteiger partial charge in [-0.3, -0.25) is 4.79 Å². The number of para-hydroxylation sites is 1. The minimum atomic E-state index is -0.870. The van der Waals surface area contributed by atoms with Gasteiger partial charge in [-0.25, -0.2) is 4.39 Å². The van der Waals surface area contributed by atoms with Gasteiger partial charge in [0, 0.05) is 28.8 Å². The zero-order valence-corrected chi connectivity index (χ0v) is 12.9. The Morgan fingerprint density at radius 3 is 2.57 bits per heavy atom. The van der Waals surface area contributed by atoms with Gasteiger partial charge in [0.2, 0.25) is 0 Å². The van der Waals surface area contributed by atoms with E-state index in [4.69, 9.17) is 5.11 Å². The van der Waals surface area contributed by atoms with Gasteiger partial charge in [0.25, 0.3) is 0 Å². The minimum Gasteiger partial charge on any atom is -0.481 e. The first kappa shape index (κ1) is 15.5. The molecule has 0 fully saturated rings. The van der Waals surface area contributed by atoms with Gasteiger partial charge in [-0.05, 0) is 30.3 Å². The molecular weight excluding hydrogens is 337 g/mol. The molecule has 2 aromatic rings. The number of nitrogens with zero attached hydrogens (tertiary/aromatic N) is 1. The summed E-state index contributed by atoms with van der Waals surface area (Å²) >= 11 is 3.33. The average molecular weight is 352 g/mol. The maximum Gasteiger partial charge on any atom is 0.305 e. The topological polar surface area (TPSA) is 40.5 Å². The minimum absolute atomic E-state index is 0.00448. The summed E-state index contributed by atoms with van der Waals surface area (Å²) in [6.45, 7) is 0.647. The molecule has 0 atom stereocenters. The lowest BCUT2D eigenvalue weighted by Gasteiger charge is -2.24. The molecule has 0 saturated carbocycles. The van der Waals surface area contributed by atoms with Gasteiger partial charge >= 0.3 is 5.97 Å². The molecule has 5 heteroatoms. The maximum absolute atomic E-state index is 13.9. The third-order valence-electron chi connectivity index (χ3n) is 3.09. The van der Waals surface area contributed by atoms with E-state index in [0.29, 0.717) is 18.7 Å². The number of carbonyl (C=O) groups is 1. The molecule has 0 aromatic heterocycles. The van der Waals surface area contributed by atoms with Crippen molar-refractivity contribution in [1.29, 1.82) is 0 Å². The van der Waals surface area contributed by atoms with Gasteiger partial charge in [-0.2, -0.15) is 0 Å². The van der Waals surface area contributed by atoms with Crippen LogP contribution in [0.4, 0.5) is 10.1 Å². The molecule has 0 aliphatic rings. The van der Waals surface area contributed by atoms with Crippen LogP contribution in [0.25, 0.3) is 0 Å². The lowest BCUT2D eigenvalue weighted by molar-refractivity contribution is -0.136. The summed E-state index contributed by atoms with van der Waals surface area (Å²) in [7, 11) is 0. The molecule has 0 radical (unpaired) electrons. The van der Waals surface area contributed by atoms with E-state index in [1.165, 1.54) is 6.07 Å². The van der Waals surface area contributed by atoms with Crippen LogP contribution in [-0.4, -0.2) is 17.6 Å². The predicted octanol–water partition coefficient (Wildman–Crippen LogP) is 4.07. The molecule has 0 bridgehead atoms. The summed E-state index contributed by atoms with van der Waals surface area (Å²) in [5, 5.41) is 8.87. The predicted molar refractivity (Wildman–Crippen MR) is 83.8 cm³/mol. The highest BCUT2D eigenvalue weighted by molar-refractivity contribution is 9.10. The van der Waals surface area contributed by atoms with Gasteiger partial charge in [-0.15, -0.1) is 0 Å². The Bertz CT molecular complexity index is 619. The fourth-order valence-corrected chi connectivity index (χ4v) is 2.45. The van der Waals surface area contributed by atoms with E-state index in [9.17, 15) is 9.18 Å². The number of anilines is 1. The number of aliphatic carboxylic acids is 1. The molecule has 1 N–H and O–H groups in total. The number of benzene rings is 2. The third-order valence-corrected chi connectivity index (χ3v) is 3.58. The van der Waals surface area contributed by atoms with Crippen molar-refractivity contribution in [1.82, 2.24) is 0 Å². The van der Waals surface area contributed by atoms with Crippen LogP contribution in [0, 0.1) is 5.82 Å². The van der Waals surface area contributed by atoms with Crippen LogP contribution >= 0.6 is 15.9 Å².